The van der Waals surface area contributed by atoms with Gasteiger partial charge in [-0.3, -0.25) is 0 Å². The van der Waals surface area contributed by atoms with Crippen molar-refractivity contribution in [2.45, 2.75) is 13.3 Å². The van der Waals surface area contributed by atoms with E-state index in [4.69, 9.17) is 28.9 Å². The third-order valence-corrected chi connectivity index (χ3v) is 4.87. The highest BCUT2D eigenvalue weighted by molar-refractivity contribution is 7.18. The van der Waals surface area contributed by atoms with Crippen LogP contribution in [-0.4, -0.2) is 15.0 Å². The molecule has 2 N–H and O–H groups in total. The van der Waals surface area contributed by atoms with E-state index in [0.717, 1.165) is 21.8 Å². The number of halogens is 2. The average Bonchev–Trinajstić information content (AvgIpc) is 2.82. The first-order valence-electron chi connectivity index (χ1n) is 6.52. The van der Waals surface area contributed by atoms with Crippen molar-refractivity contribution in [3.05, 3.63) is 57.6 Å². The molecule has 0 aliphatic rings. The first-order valence-corrected chi connectivity index (χ1v) is 8.10. The Hall–Kier alpha value is -1.69. The summed E-state index contributed by atoms with van der Waals surface area (Å²) in [5.41, 5.74) is 8.24. The van der Waals surface area contributed by atoms with Gasteiger partial charge in [0, 0.05) is 22.7 Å². The van der Waals surface area contributed by atoms with Crippen LogP contribution in [0, 0.1) is 6.92 Å². The van der Waals surface area contributed by atoms with Crippen LogP contribution in [0.3, 0.4) is 0 Å². The minimum Gasteiger partial charge on any atom is -0.375 e. The first-order chi connectivity index (χ1) is 10.5. The van der Waals surface area contributed by atoms with Crippen molar-refractivity contribution in [3.8, 4) is 10.6 Å². The Morgan fingerprint density at radius 3 is 2.50 bits per heavy atom. The van der Waals surface area contributed by atoms with Crippen LogP contribution in [0.5, 0.6) is 0 Å². The minimum absolute atomic E-state index is 0.472. The van der Waals surface area contributed by atoms with Gasteiger partial charge in [0.15, 0.2) is 5.13 Å². The van der Waals surface area contributed by atoms with Crippen molar-refractivity contribution in [2.24, 2.45) is 0 Å². The largest absolute Gasteiger partial charge is 0.375 e. The summed E-state index contributed by atoms with van der Waals surface area (Å²) in [6.45, 7) is 1.91. The van der Waals surface area contributed by atoms with Gasteiger partial charge in [-0.2, -0.15) is 0 Å². The molecule has 7 heteroatoms. The van der Waals surface area contributed by atoms with Gasteiger partial charge in [-0.1, -0.05) is 40.6 Å². The van der Waals surface area contributed by atoms with Crippen LogP contribution >= 0.6 is 34.5 Å². The Bertz CT molecular complexity index is 812. The van der Waals surface area contributed by atoms with Gasteiger partial charge in [-0.15, -0.1) is 0 Å². The van der Waals surface area contributed by atoms with Crippen molar-refractivity contribution in [3.63, 3.8) is 0 Å². The Morgan fingerprint density at radius 2 is 1.86 bits per heavy atom. The van der Waals surface area contributed by atoms with Crippen molar-refractivity contribution in [1.82, 2.24) is 15.0 Å². The number of benzene rings is 1. The number of aryl methyl sites for hydroxylation is 1. The predicted octanol–water partition coefficient (Wildman–Crippen LogP) is 4.39. The van der Waals surface area contributed by atoms with Gasteiger partial charge >= 0.3 is 0 Å². The molecule has 22 heavy (non-hydrogen) atoms. The summed E-state index contributed by atoms with van der Waals surface area (Å²) in [5.74, 6) is 0.652. The molecule has 2 heterocycles. The molecule has 0 radical (unpaired) electrons. The molecular weight excluding hydrogens is 339 g/mol. The van der Waals surface area contributed by atoms with E-state index >= 15 is 0 Å². The summed E-state index contributed by atoms with van der Waals surface area (Å²) in [6, 6.07) is 7.27. The van der Waals surface area contributed by atoms with Gasteiger partial charge in [0.05, 0.1) is 16.3 Å². The van der Waals surface area contributed by atoms with E-state index in [0.29, 0.717) is 27.4 Å². The smallest absolute Gasteiger partial charge is 0.180 e. The van der Waals surface area contributed by atoms with E-state index in [1.54, 1.807) is 18.3 Å². The van der Waals surface area contributed by atoms with Gasteiger partial charge in [0.1, 0.15) is 5.82 Å². The van der Waals surface area contributed by atoms with Gasteiger partial charge in [0.2, 0.25) is 0 Å². The maximum atomic E-state index is 6.20. The lowest BCUT2D eigenvalue weighted by molar-refractivity contribution is 0.972. The Balaban J connectivity index is 1.97. The highest BCUT2D eigenvalue weighted by Gasteiger charge is 2.12. The second-order valence-electron chi connectivity index (χ2n) is 4.70. The molecule has 0 aliphatic carbocycles. The third-order valence-electron chi connectivity index (χ3n) is 3.15. The second kappa shape index (κ2) is 6.20. The Kier molecular flexibility index (Phi) is 4.29. The molecule has 3 aromatic rings. The maximum Gasteiger partial charge on any atom is 0.180 e. The van der Waals surface area contributed by atoms with Crippen molar-refractivity contribution < 1.29 is 0 Å². The lowest BCUT2D eigenvalue weighted by Crippen LogP contribution is -1.99. The number of hydrogen-bond acceptors (Lipinski definition) is 5. The fourth-order valence-corrected chi connectivity index (χ4v) is 3.46. The molecule has 0 fully saturated rings. The molecule has 3 rings (SSSR count). The first kappa shape index (κ1) is 15.2. The molecule has 0 saturated heterocycles. The molecule has 0 aliphatic heterocycles. The number of rotatable bonds is 3. The normalized spacial score (nSPS) is 10.9. The lowest BCUT2D eigenvalue weighted by atomic mass is 10.1. The fourth-order valence-electron chi connectivity index (χ4n) is 2.12. The number of hydrogen-bond donors (Lipinski definition) is 1. The third kappa shape index (κ3) is 3.06. The molecule has 0 spiro atoms. The summed E-state index contributed by atoms with van der Waals surface area (Å²) >= 11 is 13.8. The SMILES string of the molecule is Cc1nc(N)sc1-c1ccnc(Cc2c(Cl)cccc2Cl)n1. The highest BCUT2D eigenvalue weighted by Crippen LogP contribution is 2.30. The quantitative estimate of drug-likeness (QED) is 0.760. The van der Waals surface area contributed by atoms with E-state index in [1.807, 2.05) is 19.1 Å². The van der Waals surface area contributed by atoms with Crippen molar-refractivity contribution >= 4 is 39.7 Å². The number of nitrogens with two attached hydrogens (primary N) is 1. The topological polar surface area (TPSA) is 64.7 Å². The monoisotopic (exact) mass is 350 g/mol. The summed E-state index contributed by atoms with van der Waals surface area (Å²) in [7, 11) is 0. The Labute approximate surface area is 142 Å². The van der Waals surface area contributed by atoms with Crippen molar-refractivity contribution in [2.75, 3.05) is 5.73 Å². The fraction of sp³-hybridized carbons (Fsp3) is 0.133. The molecular formula is C15H12Cl2N4S. The van der Waals surface area contributed by atoms with E-state index in [2.05, 4.69) is 15.0 Å². The van der Waals surface area contributed by atoms with E-state index < -0.39 is 0 Å². The van der Waals surface area contributed by atoms with E-state index in [-0.39, 0.29) is 0 Å². The molecule has 0 saturated carbocycles. The zero-order valence-corrected chi connectivity index (χ0v) is 14.0. The van der Waals surface area contributed by atoms with Gasteiger partial charge < -0.3 is 5.73 Å². The molecule has 2 aromatic heterocycles. The highest BCUT2D eigenvalue weighted by atomic mass is 35.5. The van der Waals surface area contributed by atoms with Gasteiger partial charge in [-0.25, -0.2) is 15.0 Å². The zero-order chi connectivity index (χ0) is 15.7. The van der Waals surface area contributed by atoms with Crippen LogP contribution in [0.4, 0.5) is 5.13 Å². The predicted molar refractivity (Wildman–Crippen MR) is 91.6 cm³/mol. The standard InChI is InChI=1S/C15H12Cl2N4S/c1-8-14(22-15(18)20-8)12-5-6-19-13(21-12)7-9-10(16)3-2-4-11(9)17/h2-6H,7H2,1H3,(H2,18,20). The van der Waals surface area contributed by atoms with Crippen LogP contribution in [-0.2, 0) is 6.42 Å². The second-order valence-corrected chi connectivity index (χ2v) is 6.55. The molecule has 1 aromatic carbocycles. The van der Waals surface area contributed by atoms with E-state index in [1.165, 1.54) is 11.3 Å². The molecule has 0 atom stereocenters. The molecule has 0 bridgehead atoms. The number of nitrogen functional groups attached to an aromatic ring is 1. The van der Waals surface area contributed by atoms with Crippen LogP contribution in [0.15, 0.2) is 30.5 Å². The summed E-state index contributed by atoms with van der Waals surface area (Å²) in [6.07, 6.45) is 2.19. The van der Waals surface area contributed by atoms with Crippen LogP contribution in [0.2, 0.25) is 10.0 Å². The van der Waals surface area contributed by atoms with Crippen LogP contribution < -0.4 is 5.73 Å². The number of aromatic nitrogens is 3. The van der Waals surface area contributed by atoms with Gasteiger partial charge in [-0.05, 0) is 30.7 Å². The number of nitrogens with zero attached hydrogens (tertiary/aromatic N) is 3. The average molecular weight is 351 g/mol. The number of anilines is 1. The Morgan fingerprint density at radius 1 is 1.14 bits per heavy atom. The summed E-state index contributed by atoms with van der Waals surface area (Å²) in [4.78, 5) is 14.1. The molecule has 4 nitrogen and oxygen atoms in total. The molecule has 112 valence electrons. The van der Waals surface area contributed by atoms with E-state index in [9.17, 15) is 0 Å². The zero-order valence-electron chi connectivity index (χ0n) is 11.7. The molecule has 0 amide bonds. The summed E-state index contributed by atoms with van der Waals surface area (Å²) < 4.78 is 0. The lowest BCUT2D eigenvalue weighted by Gasteiger charge is -2.07. The van der Waals surface area contributed by atoms with Crippen LogP contribution in [0.1, 0.15) is 17.1 Å². The summed E-state index contributed by atoms with van der Waals surface area (Å²) in [5, 5.41) is 1.75. The maximum absolute atomic E-state index is 6.20. The van der Waals surface area contributed by atoms with Crippen molar-refractivity contribution in [1.29, 1.82) is 0 Å². The number of thiazole rings is 1. The van der Waals surface area contributed by atoms with Gasteiger partial charge in [0.25, 0.3) is 0 Å². The minimum atomic E-state index is 0.472. The molecule has 0 unspecified atom stereocenters. The van der Waals surface area contributed by atoms with Crippen LogP contribution in [0.25, 0.3) is 10.6 Å².